The van der Waals surface area contributed by atoms with E-state index in [1.165, 1.54) is 12.4 Å². The minimum absolute atomic E-state index is 0.289. The predicted octanol–water partition coefficient (Wildman–Crippen LogP) is 3.16. The molecule has 0 bridgehead atoms. The molecule has 0 spiro atoms. The van der Waals surface area contributed by atoms with Gasteiger partial charge in [0.15, 0.2) is 0 Å². The lowest BCUT2D eigenvalue weighted by Crippen LogP contribution is -1.94. The molecule has 0 aliphatic rings. The SMILES string of the molecule is Nc1cncc(Oc2ccc(Cl)c(Cl)c2)n1. The highest BCUT2D eigenvalue weighted by atomic mass is 35.5. The summed E-state index contributed by atoms with van der Waals surface area (Å²) < 4.78 is 5.40. The van der Waals surface area contributed by atoms with Crippen LogP contribution in [0.1, 0.15) is 0 Å². The van der Waals surface area contributed by atoms with Gasteiger partial charge in [0, 0.05) is 6.07 Å². The van der Waals surface area contributed by atoms with Crippen LogP contribution in [0.25, 0.3) is 0 Å². The zero-order valence-corrected chi connectivity index (χ0v) is 9.53. The van der Waals surface area contributed by atoms with E-state index in [-0.39, 0.29) is 5.82 Å². The number of ether oxygens (including phenoxy) is 1. The minimum atomic E-state index is 0.289. The standard InChI is InChI=1S/C10H7Cl2N3O/c11-7-2-1-6(3-8(7)12)16-10-5-14-4-9(13)15-10/h1-5H,(H2,13,15). The molecule has 0 radical (unpaired) electrons. The van der Waals surface area contributed by atoms with Crippen LogP contribution in [0.5, 0.6) is 11.6 Å². The van der Waals surface area contributed by atoms with Crippen LogP contribution in [0.4, 0.5) is 5.82 Å². The van der Waals surface area contributed by atoms with Gasteiger partial charge < -0.3 is 10.5 Å². The third-order valence-electron chi connectivity index (χ3n) is 1.74. The van der Waals surface area contributed by atoms with Gasteiger partial charge in [0.2, 0.25) is 5.88 Å². The number of aromatic nitrogens is 2. The number of halogens is 2. The van der Waals surface area contributed by atoms with Gasteiger partial charge in [-0.15, -0.1) is 0 Å². The number of rotatable bonds is 2. The third kappa shape index (κ3) is 2.53. The number of benzene rings is 1. The molecule has 1 heterocycles. The molecule has 6 heteroatoms. The van der Waals surface area contributed by atoms with Crippen LogP contribution in [0.3, 0.4) is 0 Å². The lowest BCUT2D eigenvalue weighted by Gasteiger charge is -2.05. The summed E-state index contributed by atoms with van der Waals surface area (Å²) in [4.78, 5) is 7.79. The zero-order chi connectivity index (χ0) is 11.5. The van der Waals surface area contributed by atoms with Gasteiger partial charge in [-0.3, -0.25) is 4.98 Å². The topological polar surface area (TPSA) is 61.0 Å². The Morgan fingerprint density at radius 3 is 2.62 bits per heavy atom. The van der Waals surface area contributed by atoms with Gasteiger partial charge in [0.25, 0.3) is 0 Å². The summed E-state index contributed by atoms with van der Waals surface area (Å²) in [7, 11) is 0. The number of hydrogen-bond donors (Lipinski definition) is 1. The molecule has 4 nitrogen and oxygen atoms in total. The number of anilines is 1. The highest BCUT2D eigenvalue weighted by molar-refractivity contribution is 6.42. The Morgan fingerprint density at radius 2 is 1.94 bits per heavy atom. The maximum atomic E-state index is 5.84. The van der Waals surface area contributed by atoms with E-state index in [4.69, 9.17) is 33.7 Å². The molecule has 0 saturated carbocycles. The second kappa shape index (κ2) is 4.55. The van der Waals surface area contributed by atoms with Gasteiger partial charge in [-0.25, -0.2) is 0 Å². The van der Waals surface area contributed by atoms with E-state index in [2.05, 4.69) is 9.97 Å². The Hall–Kier alpha value is -1.52. The first-order valence-corrected chi connectivity index (χ1v) is 5.11. The Morgan fingerprint density at radius 1 is 1.12 bits per heavy atom. The van der Waals surface area contributed by atoms with Gasteiger partial charge >= 0.3 is 0 Å². The molecule has 82 valence electrons. The van der Waals surface area contributed by atoms with Gasteiger partial charge in [-0.1, -0.05) is 23.2 Å². The Kier molecular flexibility index (Phi) is 3.12. The van der Waals surface area contributed by atoms with Crippen LogP contribution >= 0.6 is 23.2 Å². The minimum Gasteiger partial charge on any atom is -0.437 e. The second-order valence-electron chi connectivity index (χ2n) is 2.96. The van der Waals surface area contributed by atoms with Crippen molar-refractivity contribution >= 4 is 29.0 Å². The Balaban J connectivity index is 2.24. The van der Waals surface area contributed by atoms with Crippen LogP contribution in [-0.4, -0.2) is 9.97 Å². The van der Waals surface area contributed by atoms with Crippen molar-refractivity contribution in [2.24, 2.45) is 0 Å². The number of nitrogens with zero attached hydrogens (tertiary/aromatic N) is 2. The zero-order valence-electron chi connectivity index (χ0n) is 8.02. The first-order valence-electron chi connectivity index (χ1n) is 4.35. The average molecular weight is 256 g/mol. The first-order chi connectivity index (χ1) is 7.65. The summed E-state index contributed by atoms with van der Waals surface area (Å²) in [6, 6.07) is 4.91. The maximum absolute atomic E-state index is 5.84. The van der Waals surface area contributed by atoms with Gasteiger partial charge in [0.1, 0.15) is 11.6 Å². The van der Waals surface area contributed by atoms with E-state index < -0.39 is 0 Å². The van der Waals surface area contributed by atoms with Crippen molar-refractivity contribution in [2.75, 3.05) is 5.73 Å². The van der Waals surface area contributed by atoms with E-state index >= 15 is 0 Å². The molecule has 1 aromatic carbocycles. The molecule has 2 rings (SSSR count). The van der Waals surface area contributed by atoms with Crippen molar-refractivity contribution in [1.82, 2.24) is 9.97 Å². The number of nitrogens with two attached hydrogens (primary N) is 1. The molecule has 2 aromatic rings. The predicted molar refractivity (Wildman–Crippen MR) is 63.0 cm³/mol. The maximum Gasteiger partial charge on any atom is 0.239 e. The molecule has 0 saturated heterocycles. The fraction of sp³-hybridized carbons (Fsp3) is 0. The van der Waals surface area contributed by atoms with E-state index in [0.29, 0.717) is 21.7 Å². The Labute approximate surface area is 102 Å². The summed E-state index contributed by atoms with van der Waals surface area (Å²) in [5.74, 6) is 1.12. The molecule has 2 N–H and O–H groups in total. The molecule has 0 aliphatic carbocycles. The molecule has 16 heavy (non-hydrogen) atoms. The second-order valence-corrected chi connectivity index (χ2v) is 3.77. The molecular weight excluding hydrogens is 249 g/mol. The summed E-state index contributed by atoms with van der Waals surface area (Å²) >= 11 is 11.6. The van der Waals surface area contributed by atoms with Crippen LogP contribution in [0.15, 0.2) is 30.6 Å². The lowest BCUT2D eigenvalue weighted by atomic mass is 10.3. The fourth-order valence-corrected chi connectivity index (χ4v) is 1.36. The first kappa shape index (κ1) is 11.0. The van der Waals surface area contributed by atoms with Crippen molar-refractivity contribution in [3.63, 3.8) is 0 Å². The van der Waals surface area contributed by atoms with Crippen LogP contribution in [0.2, 0.25) is 10.0 Å². The molecule has 0 unspecified atom stereocenters. The molecule has 1 aromatic heterocycles. The summed E-state index contributed by atoms with van der Waals surface area (Å²) in [6.45, 7) is 0. The fourth-order valence-electron chi connectivity index (χ4n) is 1.07. The van der Waals surface area contributed by atoms with Gasteiger partial charge in [-0.2, -0.15) is 4.98 Å². The largest absolute Gasteiger partial charge is 0.437 e. The quantitative estimate of drug-likeness (QED) is 0.896. The molecule has 0 aliphatic heterocycles. The molecule has 0 amide bonds. The number of hydrogen-bond acceptors (Lipinski definition) is 4. The number of nitrogen functional groups attached to an aromatic ring is 1. The molecule has 0 fully saturated rings. The van der Waals surface area contributed by atoms with Crippen molar-refractivity contribution in [2.45, 2.75) is 0 Å². The van der Waals surface area contributed by atoms with Crippen LogP contribution in [-0.2, 0) is 0 Å². The van der Waals surface area contributed by atoms with Crippen LogP contribution in [0, 0.1) is 0 Å². The van der Waals surface area contributed by atoms with E-state index in [1.54, 1.807) is 18.2 Å². The smallest absolute Gasteiger partial charge is 0.239 e. The highest BCUT2D eigenvalue weighted by Crippen LogP contribution is 2.28. The van der Waals surface area contributed by atoms with Crippen molar-refractivity contribution in [1.29, 1.82) is 0 Å². The van der Waals surface area contributed by atoms with E-state index in [9.17, 15) is 0 Å². The molecule has 0 atom stereocenters. The third-order valence-corrected chi connectivity index (χ3v) is 2.48. The van der Waals surface area contributed by atoms with Gasteiger partial charge in [-0.05, 0) is 12.1 Å². The summed E-state index contributed by atoms with van der Waals surface area (Å²) in [5, 5.41) is 0.878. The van der Waals surface area contributed by atoms with Crippen LogP contribution < -0.4 is 10.5 Å². The van der Waals surface area contributed by atoms with Crippen molar-refractivity contribution in [3.05, 3.63) is 40.6 Å². The lowest BCUT2D eigenvalue weighted by molar-refractivity contribution is 0.461. The summed E-state index contributed by atoms with van der Waals surface area (Å²) in [6.07, 6.45) is 2.89. The highest BCUT2D eigenvalue weighted by Gasteiger charge is 2.03. The van der Waals surface area contributed by atoms with Crippen molar-refractivity contribution < 1.29 is 4.74 Å². The van der Waals surface area contributed by atoms with E-state index in [0.717, 1.165) is 0 Å². The van der Waals surface area contributed by atoms with E-state index in [1.807, 2.05) is 0 Å². The normalized spacial score (nSPS) is 10.1. The summed E-state index contributed by atoms with van der Waals surface area (Å²) in [5.41, 5.74) is 5.47. The monoisotopic (exact) mass is 255 g/mol. The van der Waals surface area contributed by atoms with Crippen molar-refractivity contribution in [3.8, 4) is 11.6 Å². The van der Waals surface area contributed by atoms with Gasteiger partial charge in [0.05, 0.1) is 22.4 Å². The molecular formula is C10H7Cl2N3O. The Bertz CT molecular complexity index is 519. The average Bonchev–Trinajstić information content (AvgIpc) is 2.24.